The van der Waals surface area contributed by atoms with Crippen molar-refractivity contribution < 1.29 is 0 Å². The van der Waals surface area contributed by atoms with Crippen LogP contribution in [0.5, 0.6) is 0 Å². The van der Waals surface area contributed by atoms with Crippen LogP contribution in [0.3, 0.4) is 0 Å². The maximum atomic E-state index is 3.80. The van der Waals surface area contributed by atoms with Gasteiger partial charge in [0.1, 0.15) is 0 Å². The van der Waals surface area contributed by atoms with Crippen molar-refractivity contribution in [3.63, 3.8) is 0 Å². The van der Waals surface area contributed by atoms with Crippen molar-refractivity contribution in [1.29, 1.82) is 0 Å². The van der Waals surface area contributed by atoms with E-state index in [1.54, 1.807) is 0 Å². The summed E-state index contributed by atoms with van der Waals surface area (Å²) in [6.07, 6.45) is 4.93. The Kier molecular flexibility index (Phi) is 5.43. The highest BCUT2D eigenvalue weighted by molar-refractivity contribution is 7.09. The molecule has 0 bridgehead atoms. The SMILES string of the molecule is CCC1(CC)CN(C(C)Cc2cccs2)CCCN1. The first kappa shape index (κ1) is 15.0. The van der Waals surface area contributed by atoms with Gasteiger partial charge in [0, 0.05) is 23.0 Å². The van der Waals surface area contributed by atoms with Crippen molar-refractivity contribution in [2.75, 3.05) is 19.6 Å². The molecule has 1 saturated heterocycles. The summed E-state index contributed by atoms with van der Waals surface area (Å²) in [7, 11) is 0. The summed E-state index contributed by atoms with van der Waals surface area (Å²) in [5.41, 5.74) is 0.334. The van der Waals surface area contributed by atoms with Crippen LogP contribution in [0.2, 0.25) is 0 Å². The highest BCUT2D eigenvalue weighted by atomic mass is 32.1. The fraction of sp³-hybridized carbons (Fsp3) is 0.750. The van der Waals surface area contributed by atoms with Gasteiger partial charge in [-0.05, 0) is 57.1 Å². The molecule has 1 atom stereocenters. The summed E-state index contributed by atoms with van der Waals surface area (Å²) < 4.78 is 0. The summed E-state index contributed by atoms with van der Waals surface area (Å²) in [6, 6.07) is 5.08. The normalized spacial score (nSPS) is 22.1. The van der Waals surface area contributed by atoms with E-state index in [1.165, 1.54) is 50.2 Å². The van der Waals surface area contributed by atoms with E-state index in [1.807, 2.05) is 11.3 Å². The van der Waals surface area contributed by atoms with Crippen LogP contribution in [-0.2, 0) is 6.42 Å². The van der Waals surface area contributed by atoms with Crippen LogP contribution in [0.15, 0.2) is 17.5 Å². The summed E-state index contributed by atoms with van der Waals surface area (Å²) in [5, 5.41) is 5.99. The zero-order chi connectivity index (χ0) is 13.7. The summed E-state index contributed by atoms with van der Waals surface area (Å²) in [5.74, 6) is 0. The van der Waals surface area contributed by atoms with E-state index in [0.29, 0.717) is 11.6 Å². The Balaban J connectivity index is 2.01. The third-order valence-electron chi connectivity index (χ3n) is 4.68. The van der Waals surface area contributed by atoms with Crippen LogP contribution in [0.1, 0.15) is 44.9 Å². The molecular weight excluding hydrogens is 252 g/mol. The Morgan fingerprint density at radius 2 is 2.21 bits per heavy atom. The average molecular weight is 280 g/mol. The minimum absolute atomic E-state index is 0.334. The molecule has 1 aliphatic heterocycles. The first-order valence-corrected chi connectivity index (χ1v) is 8.58. The first-order valence-electron chi connectivity index (χ1n) is 7.70. The van der Waals surface area contributed by atoms with E-state index in [2.05, 4.69) is 48.5 Å². The van der Waals surface area contributed by atoms with Gasteiger partial charge in [0.05, 0.1) is 0 Å². The second-order valence-electron chi connectivity index (χ2n) is 5.87. The van der Waals surface area contributed by atoms with Crippen LogP contribution >= 0.6 is 11.3 Å². The van der Waals surface area contributed by atoms with Gasteiger partial charge >= 0.3 is 0 Å². The molecule has 1 aliphatic rings. The lowest BCUT2D eigenvalue weighted by Crippen LogP contribution is -2.52. The number of hydrogen-bond donors (Lipinski definition) is 1. The van der Waals surface area contributed by atoms with Crippen molar-refractivity contribution in [1.82, 2.24) is 10.2 Å². The van der Waals surface area contributed by atoms with Gasteiger partial charge in [-0.3, -0.25) is 4.90 Å². The Hall–Kier alpha value is -0.380. The molecule has 2 heterocycles. The molecule has 0 amide bonds. The molecule has 19 heavy (non-hydrogen) atoms. The van der Waals surface area contributed by atoms with Gasteiger partial charge in [-0.2, -0.15) is 0 Å². The Labute approximate surface area is 122 Å². The second kappa shape index (κ2) is 6.87. The van der Waals surface area contributed by atoms with E-state index in [4.69, 9.17) is 0 Å². The van der Waals surface area contributed by atoms with Gasteiger partial charge < -0.3 is 5.32 Å². The van der Waals surface area contributed by atoms with Gasteiger partial charge in [0.2, 0.25) is 0 Å². The van der Waals surface area contributed by atoms with Crippen LogP contribution in [0.4, 0.5) is 0 Å². The predicted octanol–water partition coefficient (Wildman–Crippen LogP) is 3.53. The van der Waals surface area contributed by atoms with Gasteiger partial charge in [0.25, 0.3) is 0 Å². The monoisotopic (exact) mass is 280 g/mol. The molecule has 2 rings (SSSR count). The quantitative estimate of drug-likeness (QED) is 0.887. The second-order valence-corrected chi connectivity index (χ2v) is 6.90. The largest absolute Gasteiger partial charge is 0.310 e. The molecule has 0 aromatic carbocycles. The molecule has 1 aromatic heterocycles. The van der Waals surface area contributed by atoms with Gasteiger partial charge in [-0.15, -0.1) is 11.3 Å². The maximum absolute atomic E-state index is 3.80. The predicted molar refractivity (Wildman–Crippen MR) is 85.0 cm³/mol. The fourth-order valence-corrected chi connectivity index (χ4v) is 3.93. The van der Waals surface area contributed by atoms with Crippen LogP contribution in [0, 0.1) is 0 Å². The molecule has 0 saturated carbocycles. The summed E-state index contributed by atoms with van der Waals surface area (Å²) >= 11 is 1.89. The smallest absolute Gasteiger partial charge is 0.0303 e. The van der Waals surface area contributed by atoms with Crippen LogP contribution < -0.4 is 5.32 Å². The van der Waals surface area contributed by atoms with E-state index >= 15 is 0 Å². The first-order chi connectivity index (χ1) is 9.19. The molecule has 1 unspecified atom stereocenters. The van der Waals surface area contributed by atoms with E-state index in [9.17, 15) is 0 Å². The third kappa shape index (κ3) is 3.80. The molecule has 1 N–H and O–H groups in total. The van der Waals surface area contributed by atoms with Crippen LogP contribution in [0.25, 0.3) is 0 Å². The van der Waals surface area contributed by atoms with Gasteiger partial charge in [-0.1, -0.05) is 19.9 Å². The molecule has 1 aromatic rings. The van der Waals surface area contributed by atoms with E-state index < -0.39 is 0 Å². The lowest BCUT2D eigenvalue weighted by Gasteiger charge is -2.38. The Bertz CT molecular complexity index is 357. The summed E-state index contributed by atoms with van der Waals surface area (Å²) in [4.78, 5) is 4.22. The third-order valence-corrected chi connectivity index (χ3v) is 5.58. The highest BCUT2D eigenvalue weighted by Crippen LogP contribution is 2.23. The lowest BCUT2D eigenvalue weighted by molar-refractivity contribution is 0.156. The van der Waals surface area contributed by atoms with Crippen molar-refractivity contribution in [2.45, 2.75) is 58.0 Å². The minimum atomic E-state index is 0.334. The molecule has 0 radical (unpaired) electrons. The molecule has 108 valence electrons. The lowest BCUT2D eigenvalue weighted by atomic mass is 9.92. The van der Waals surface area contributed by atoms with Crippen molar-refractivity contribution >= 4 is 11.3 Å². The van der Waals surface area contributed by atoms with Crippen LogP contribution in [-0.4, -0.2) is 36.1 Å². The number of nitrogens with zero attached hydrogens (tertiary/aromatic N) is 1. The molecule has 0 spiro atoms. The molecule has 0 aliphatic carbocycles. The zero-order valence-corrected chi connectivity index (χ0v) is 13.4. The molecule has 3 heteroatoms. The zero-order valence-electron chi connectivity index (χ0n) is 12.6. The number of hydrogen-bond acceptors (Lipinski definition) is 3. The molecular formula is C16H28N2S. The van der Waals surface area contributed by atoms with E-state index in [0.717, 1.165) is 0 Å². The number of nitrogens with one attached hydrogen (secondary N) is 1. The van der Waals surface area contributed by atoms with Gasteiger partial charge in [-0.25, -0.2) is 0 Å². The maximum Gasteiger partial charge on any atom is 0.0303 e. The number of thiophene rings is 1. The molecule has 2 nitrogen and oxygen atoms in total. The minimum Gasteiger partial charge on any atom is -0.310 e. The highest BCUT2D eigenvalue weighted by Gasteiger charge is 2.31. The molecule has 1 fully saturated rings. The Morgan fingerprint density at radius 3 is 2.84 bits per heavy atom. The standard InChI is InChI=1S/C16H28N2S/c1-4-16(5-2)13-18(10-7-9-17-16)14(3)12-15-8-6-11-19-15/h6,8,11,14,17H,4-5,7,9-10,12-13H2,1-3H3. The number of rotatable bonds is 5. The average Bonchev–Trinajstić information content (AvgIpc) is 2.83. The van der Waals surface area contributed by atoms with E-state index in [-0.39, 0.29) is 0 Å². The fourth-order valence-electron chi connectivity index (χ4n) is 3.11. The summed E-state index contributed by atoms with van der Waals surface area (Å²) in [6.45, 7) is 10.6. The van der Waals surface area contributed by atoms with Crippen molar-refractivity contribution in [2.24, 2.45) is 0 Å². The van der Waals surface area contributed by atoms with Crippen molar-refractivity contribution in [3.05, 3.63) is 22.4 Å². The topological polar surface area (TPSA) is 15.3 Å². The Morgan fingerprint density at radius 1 is 1.42 bits per heavy atom. The van der Waals surface area contributed by atoms with Crippen molar-refractivity contribution in [3.8, 4) is 0 Å². The van der Waals surface area contributed by atoms with Gasteiger partial charge in [0.15, 0.2) is 0 Å².